The molecule has 0 radical (unpaired) electrons. The molecule has 1 aliphatic heterocycles. The van der Waals surface area contributed by atoms with Gasteiger partial charge >= 0.3 is 0 Å². The Bertz CT molecular complexity index is 1140. The van der Waals surface area contributed by atoms with Crippen LogP contribution in [-0.4, -0.2) is 20.9 Å². The minimum Gasteiger partial charge on any atom is -0.308 e. The van der Waals surface area contributed by atoms with E-state index in [4.69, 9.17) is 0 Å². The zero-order chi connectivity index (χ0) is 20.4. The lowest BCUT2D eigenvalue weighted by atomic mass is 10.1. The fourth-order valence-corrected chi connectivity index (χ4v) is 4.53. The van der Waals surface area contributed by atoms with Gasteiger partial charge in [0.2, 0.25) is 10.0 Å². The molecule has 0 aromatic heterocycles. The van der Waals surface area contributed by atoms with Gasteiger partial charge in [-0.1, -0.05) is 48.0 Å². The highest BCUT2D eigenvalue weighted by Gasteiger charge is 2.27. The third-order valence-electron chi connectivity index (χ3n) is 5.11. The molecule has 1 amide bonds. The van der Waals surface area contributed by atoms with Gasteiger partial charge in [0.25, 0.3) is 5.91 Å². The van der Waals surface area contributed by atoms with E-state index in [1.165, 1.54) is 0 Å². The molecule has 3 aromatic rings. The second-order valence-electron chi connectivity index (χ2n) is 7.17. The third-order valence-corrected chi connectivity index (χ3v) is 6.51. The quantitative estimate of drug-likeness (QED) is 0.703. The molecule has 0 fully saturated rings. The Morgan fingerprint density at radius 2 is 1.72 bits per heavy atom. The van der Waals surface area contributed by atoms with Gasteiger partial charge in [-0.3, -0.25) is 4.79 Å². The van der Waals surface area contributed by atoms with E-state index >= 15 is 0 Å². The number of aryl methyl sites for hydroxylation is 1. The minimum absolute atomic E-state index is 0.0718. The topological polar surface area (TPSA) is 66.5 Å². The highest BCUT2D eigenvalue weighted by Crippen LogP contribution is 2.31. The molecule has 3 aromatic carbocycles. The lowest BCUT2D eigenvalue weighted by Crippen LogP contribution is -2.28. The first-order valence-corrected chi connectivity index (χ1v) is 11.0. The van der Waals surface area contributed by atoms with Gasteiger partial charge in [-0.25, -0.2) is 13.1 Å². The van der Waals surface area contributed by atoms with Gasteiger partial charge in [-0.2, -0.15) is 0 Å². The number of carbonyl (C=O) groups excluding carboxylic acids is 1. The van der Waals surface area contributed by atoms with Crippen molar-refractivity contribution in [1.82, 2.24) is 4.72 Å². The van der Waals surface area contributed by atoms with Crippen LogP contribution in [0.15, 0.2) is 77.7 Å². The maximum Gasteiger partial charge on any atom is 0.258 e. The highest BCUT2D eigenvalue weighted by molar-refractivity contribution is 7.89. The zero-order valence-electron chi connectivity index (χ0n) is 16.1. The van der Waals surface area contributed by atoms with Crippen molar-refractivity contribution in [1.29, 1.82) is 0 Å². The first-order chi connectivity index (χ1) is 13.9. The molecule has 1 aliphatic rings. The SMILES string of the molecule is Cc1ccc(CNS(=O)(=O)c2ccc3c(c2)CCN3C(=O)c2ccccc2)cc1. The van der Waals surface area contributed by atoms with Gasteiger partial charge in [0, 0.05) is 24.3 Å². The lowest BCUT2D eigenvalue weighted by Gasteiger charge is -2.17. The van der Waals surface area contributed by atoms with Crippen LogP contribution >= 0.6 is 0 Å². The van der Waals surface area contributed by atoms with E-state index < -0.39 is 10.0 Å². The molecule has 0 atom stereocenters. The van der Waals surface area contributed by atoms with Gasteiger partial charge in [0.05, 0.1) is 4.90 Å². The van der Waals surface area contributed by atoms with E-state index in [0.717, 1.165) is 22.4 Å². The van der Waals surface area contributed by atoms with Gasteiger partial charge in [-0.05, 0) is 54.8 Å². The van der Waals surface area contributed by atoms with Crippen molar-refractivity contribution in [3.63, 3.8) is 0 Å². The van der Waals surface area contributed by atoms with Crippen LogP contribution in [0.5, 0.6) is 0 Å². The molecule has 6 heteroatoms. The van der Waals surface area contributed by atoms with Crippen LogP contribution in [0.25, 0.3) is 0 Å². The normalized spacial score (nSPS) is 13.3. The summed E-state index contributed by atoms with van der Waals surface area (Å²) >= 11 is 0. The molecule has 0 saturated heterocycles. The van der Waals surface area contributed by atoms with Crippen LogP contribution in [0, 0.1) is 6.92 Å². The molecule has 0 aliphatic carbocycles. The number of anilines is 1. The predicted octanol–water partition coefficient (Wildman–Crippen LogP) is 3.68. The number of hydrogen-bond donors (Lipinski definition) is 1. The van der Waals surface area contributed by atoms with Crippen LogP contribution in [0.1, 0.15) is 27.0 Å². The van der Waals surface area contributed by atoms with Crippen molar-refractivity contribution < 1.29 is 13.2 Å². The maximum atomic E-state index is 12.8. The number of hydrogen-bond acceptors (Lipinski definition) is 3. The van der Waals surface area contributed by atoms with Gasteiger partial charge in [0.15, 0.2) is 0 Å². The summed E-state index contributed by atoms with van der Waals surface area (Å²) in [4.78, 5) is 14.7. The van der Waals surface area contributed by atoms with Crippen LogP contribution in [0.2, 0.25) is 0 Å². The third kappa shape index (κ3) is 4.09. The number of sulfonamides is 1. The maximum absolute atomic E-state index is 12.8. The summed E-state index contributed by atoms with van der Waals surface area (Å²) in [6.45, 7) is 2.77. The van der Waals surface area contributed by atoms with Crippen molar-refractivity contribution in [3.05, 3.63) is 95.1 Å². The summed E-state index contributed by atoms with van der Waals surface area (Å²) in [5, 5.41) is 0. The number of benzene rings is 3. The summed E-state index contributed by atoms with van der Waals surface area (Å²) in [5.41, 5.74) is 4.30. The van der Waals surface area contributed by atoms with Crippen molar-refractivity contribution in [2.45, 2.75) is 24.8 Å². The Morgan fingerprint density at radius 1 is 1.00 bits per heavy atom. The van der Waals surface area contributed by atoms with Crippen LogP contribution in [0.3, 0.4) is 0 Å². The van der Waals surface area contributed by atoms with E-state index in [1.807, 2.05) is 49.4 Å². The van der Waals surface area contributed by atoms with Crippen LogP contribution in [-0.2, 0) is 23.0 Å². The molecular formula is C23H22N2O3S. The van der Waals surface area contributed by atoms with Gasteiger partial charge in [0.1, 0.15) is 0 Å². The first kappa shape index (κ1) is 19.4. The molecule has 5 nitrogen and oxygen atoms in total. The van der Waals surface area contributed by atoms with Crippen LogP contribution < -0.4 is 9.62 Å². The Morgan fingerprint density at radius 3 is 2.45 bits per heavy atom. The molecule has 29 heavy (non-hydrogen) atoms. The summed E-state index contributed by atoms with van der Waals surface area (Å²) in [5.74, 6) is -0.0718. The summed E-state index contributed by atoms with van der Waals surface area (Å²) in [6.07, 6.45) is 0.634. The first-order valence-electron chi connectivity index (χ1n) is 9.49. The molecule has 1 heterocycles. The standard InChI is InChI=1S/C23H22N2O3S/c1-17-7-9-18(10-8-17)16-24-29(27,28)21-11-12-22-20(15-21)13-14-25(22)23(26)19-5-3-2-4-6-19/h2-12,15,24H,13-14,16H2,1H3. The van der Waals surface area contributed by atoms with E-state index in [1.54, 1.807) is 35.2 Å². The smallest absolute Gasteiger partial charge is 0.258 e. The lowest BCUT2D eigenvalue weighted by molar-refractivity contribution is 0.0989. The minimum atomic E-state index is -3.63. The number of nitrogens with one attached hydrogen (secondary N) is 1. The molecule has 0 bridgehead atoms. The van der Waals surface area contributed by atoms with Crippen LogP contribution in [0.4, 0.5) is 5.69 Å². The monoisotopic (exact) mass is 406 g/mol. The largest absolute Gasteiger partial charge is 0.308 e. The number of amides is 1. The Balaban J connectivity index is 1.52. The molecular weight excluding hydrogens is 384 g/mol. The van der Waals surface area contributed by atoms with Crippen molar-refractivity contribution >= 4 is 21.6 Å². The molecule has 148 valence electrons. The number of carbonyl (C=O) groups is 1. The fourth-order valence-electron chi connectivity index (χ4n) is 3.46. The average Bonchev–Trinajstić information content (AvgIpc) is 3.17. The second kappa shape index (κ2) is 7.81. The van der Waals surface area contributed by atoms with E-state index in [-0.39, 0.29) is 17.3 Å². The summed E-state index contributed by atoms with van der Waals surface area (Å²) < 4.78 is 28.1. The molecule has 0 unspecified atom stereocenters. The van der Waals surface area contributed by atoms with Crippen molar-refractivity contribution in [3.8, 4) is 0 Å². The zero-order valence-corrected chi connectivity index (χ0v) is 16.9. The van der Waals surface area contributed by atoms with E-state index in [2.05, 4.69) is 4.72 Å². The van der Waals surface area contributed by atoms with Gasteiger partial charge in [-0.15, -0.1) is 0 Å². The highest BCUT2D eigenvalue weighted by atomic mass is 32.2. The van der Waals surface area contributed by atoms with Gasteiger partial charge < -0.3 is 4.90 Å². The van der Waals surface area contributed by atoms with Crippen molar-refractivity contribution in [2.24, 2.45) is 0 Å². The molecule has 1 N–H and O–H groups in total. The van der Waals surface area contributed by atoms with E-state index in [0.29, 0.717) is 18.5 Å². The predicted molar refractivity (Wildman–Crippen MR) is 113 cm³/mol. The average molecular weight is 407 g/mol. The Hall–Kier alpha value is -2.96. The second-order valence-corrected chi connectivity index (χ2v) is 8.94. The van der Waals surface area contributed by atoms with Crippen molar-refractivity contribution in [2.75, 3.05) is 11.4 Å². The molecule has 4 rings (SSSR count). The Kier molecular flexibility index (Phi) is 5.22. The number of fused-ring (bicyclic) bond motifs is 1. The number of nitrogens with zero attached hydrogens (tertiary/aromatic N) is 1. The number of rotatable bonds is 5. The molecule has 0 spiro atoms. The fraction of sp³-hybridized carbons (Fsp3) is 0.174. The summed E-state index contributed by atoms with van der Waals surface area (Å²) in [7, 11) is -3.63. The Labute approximate surface area is 171 Å². The van der Waals surface area contributed by atoms with E-state index in [9.17, 15) is 13.2 Å². The molecule has 0 saturated carbocycles. The summed E-state index contributed by atoms with van der Waals surface area (Å²) in [6, 6.07) is 21.8.